The van der Waals surface area contributed by atoms with E-state index in [2.05, 4.69) is 37.9 Å². The van der Waals surface area contributed by atoms with Crippen LogP contribution in [-0.2, 0) is 10.2 Å². The number of amides is 1. The lowest BCUT2D eigenvalue weighted by molar-refractivity contribution is 0.161. The molecule has 0 aliphatic carbocycles. The Balaban J connectivity index is 1.99. The van der Waals surface area contributed by atoms with Crippen LogP contribution < -0.4 is 5.56 Å². The third-order valence-electron chi connectivity index (χ3n) is 4.57. The Morgan fingerprint density at radius 3 is 2.44 bits per heavy atom. The second kappa shape index (κ2) is 7.61. The number of nitrogens with zero attached hydrogens (tertiary/aromatic N) is 1. The molecule has 1 aliphatic rings. The van der Waals surface area contributed by atoms with E-state index in [1.165, 1.54) is 5.56 Å². The molecule has 1 amide bonds. The lowest BCUT2D eigenvalue weighted by Gasteiger charge is -2.20. The molecule has 27 heavy (non-hydrogen) atoms. The Hall–Kier alpha value is -2.53. The first kappa shape index (κ1) is 19.2. The van der Waals surface area contributed by atoms with Crippen LogP contribution in [0.5, 0.6) is 0 Å². The molecule has 3 rings (SSSR count). The topological polar surface area (TPSA) is 62.4 Å². The van der Waals surface area contributed by atoms with Gasteiger partial charge in [0.2, 0.25) is 0 Å². The van der Waals surface area contributed by atoms with Crippen LogP contribution in [0.25, 0.3) is 5.57 Å². The minimum Gasteiger partial charge on any atom is -0.448 e. The number of carbonyl (C=O) groups excluding carboxylic acids is 1. The smallest absolute Gasteiger partial charge is 0.410 e. The van der Waals surface area contributed by atoms with E-state index in [4.69, 9.17) is 16.3 Å². The van der Waals surface area contributed by atoms with Gasteiger partial charge in [0.1, 0.15) is 11.6 Å². The van der Waals surface area contributed by atoms with E-state index in [9.17, 15) is 9.59 Å². The van der Waals surface area contributed by atoms with E-state index in [1.807, 2.05) is 18.2 Å². The van der Waals surface area contributed by atoms with Crippen LogP contribution in [0.3, 0.4) is 0 Å². The number of halogens is 1. The van der Waals surface area contributed by atoms with Crippen molar-refractivity contribution in [2.24, 2.45) is 0 Å². The molecule has 5 nitrogen and oxygen atoms in total. The molecule has 1 N–H and O–H groups in total. The summed E-state index contributed by atoms with van der Waals surface area (Å²) in [7, 11) is 0. The number of pyridine rings is 1. The van der Waals surface area contributed by atoms with Gasteiger partial charge in [0, 0.05) is 17.8 Å². The summed E-state index contributed by atoms with van der Waals surface area (Å²) in [6, 6.07) is 11.6. The number of nitrogens with one attached hydrogen (secondary N) is 1. The van der Waals surface area contributed by atoms with Gasteiger partial charge in [-0.15, -0.1) is 0 Å². The van der Waals surface area contributed by atoms with Gasteiger partial charge in [-0.05, 0) is 28.7 Å². The van der Waals surface area contributed by atoms with Crippen molar-refractivity contribution in [3.63, 3.8) is 0 Å². The molecule has 1 aromatic carbocycles. The first-order valence-corrected chi connectivity index (χ1v) is 9.25. The molecule has 0 spiro atoms. The fourth-order valence-corrected chi connectivity index (χ4v) is 3.05. The highest BCUT2D eigenvalue weighted by molar-refractivity contribution is 6.30. The first-order chi connectivity index (χ1) is 12.8. The molecule has 2 aromatic rings. The normalized spacial score (nSPS) is 15.2. The van der Waals surface area contributed by atoms with Gasteiger partial charge in [-0.1, -0.05) is 62.7 Å². The lowest BCUT2D eigenvalue weighted by atomic mass is 9.86. The van der Waals surface area contributed by atoms with E-state index < -0.39 is 0 Å². The fraction of sp³-hybridized carbons (Fsp3) is 0.333. The van der Waals surface area contributed by atoms with Gasteiger partial charge in [-0.2, -0.15) is 0 Å². The molecular formula is C21H23ClN2O3. The van der Waals surface area contributed by atoms with Gasteiger partial charge < -0.3 is 14.6 Å². The summed E-state index contributed by atoms with van der Waals surface area (Å²) < 4.78 is 4.98. The summed E-state index contributed by atoms with van der Waals surface area (Å²) in [6.07, 6.45) is 1.61. The number of aromatic amines is 1. The molecule has 0 saturated carbocycles. The second-order valence-corrected chi connectivity index (χ2v) is 7.96. The SMILES string of the molecule is CC(C)(C)c1ccc(C(=CCN2CCOC2=O)c2ccc(Cl)c(=O)[nH]2)cc1. The number of aromatic nitrogens is 1. The summed E-state index contributed by atoms with van der Waals surface area (Å²) >= 11 is 5.87. The van der Waals surface area contributed by atoms with Gasteiger partial charge in [-0.3, -0.25) is 4.79 Å². The molecular weight excluding hydrogens is 364 g/mol. The van der Waals surface area contributed by atoms with Crippen molar-refractivity contribution in [1.82, 2.24) is 9.88 Å². The van der Waals surface area contributed by atoms with Crippen molar-refractivity contribution < 1.29 is 9.53 Å². The van der Waals surface area contributed by atoms with Crippen molar-refractivity contribution in [3.05, 3.63) is 74.7 Å². The molecule has 142 valence electrons. The quantitative estimate of drug-likeness (QED) is 0.856. The highest BCUT2D eigenvalue weighted by Gasteiger charge is 2.21. The largest absolute Gasteiger partial charge is 0.448 e. The average Bonchev–Trinajstić information content (AvgIpc) is 3.03. The van der Waals surface area contributed by atoms with Crippen LogP contribution in [0.2, 0.25) is 5.02 Å². The minimum absolute atomic E-state index is 0.0519. The Kier molecular flexibility index (Phi) is 5.42. The van der Waals surface area contributed by atoms with Crippen molar-refractivity contribution in [3.8, 4) is 0 Å². The Bertz CT molecular complexity index is 924. The molecule has 1 aromatic heterocycles. The predicted molar refractivity (Wildman–Crippen MR) is 107 cm³/mol. The lowest BCUT2D eigenvalue weighted by Crippen LogP contribution is -2.24. The maximum Gasteiger partial charge on any atom is 0.410 e. The Morgan fingerprint density at radius 2 is 1.89 bits per heavy atom. The average molecular weight is 387 g/mol. The van der Waals surface area contributed by atoms with Crippen LogP contribution in [0.1, 0.15) is 37.6 Å². The van der Waals surface area contributed by atoms with E-state index in [1.54, 1.807) is 17.0 Å². The number of H-pyrrole nitrogens is 1. The van der Waals surface area contributed by atoms with E-state index in [-0.39, 0.29) is 22.1 Å². The number of carbonyl (C=O) groups is 1. The van der Waals surface area contributed by atoms with Crippen LogP contribution in [0.4, 0.5) is 4.79 Å². The number of hydrogen-bond acceptors (Lipinski definition) is 3. The van der Waals surface area contributed by atoms with Crippen LogP contribution in [0, 0.1) is 0 Å². The van der Waals surface area contributed by atoms with E-state index in [0.717, 1.165) is 11.1 Å². The second-order valence-electron chi connectivity index (χ2n) is 7.55. The molecule has 0 unspecified atom stereocenters. The Labute approximate surface area is 163 Å². The zero-order chi connectivity index (χ0) is 19.6. The molecule has 0 radical (unpaired) electrons. The van der Waals surface area contributed by atoms with Gasteiger partial charge in [0.25, 0.3) is 5.56 Å². The number of cyclic esters (lactones) is 1. The van der Waals surface area contributed by atoms with E-state index >= 15 is 0 Å². The summed E-state index contributed by atoms with van der Waals surface area (Å²) in [5.74, 6) is 0. The number of benzene rings is 1. The number of hydrogen-bond donors (Lipinski definition) is 1. The molecule has 6 heteroatoms. The molecule has 1 aliphatic heterocycles. The van der Waals surface area contributed by atoms with Crippen LogP contribution >= 0.6 is 11.6 Å². The fourth-order valence-electron chi connectivity index (χ4n) is 2.94. The number of rotatable bonds is 4. The van der Waals surface area contributed by atoms with Crippen molar-refractivity contribution >= 4 is 23.3 Å². The Morgan fingerprint density at radius 1 is 1.19 bits per heavy atom. The molecule has 0 atom stereocenters. The third kappa shape index (κ3) is 4.42. The van der Waals surface area contributed by atoms with Gasteiger partial charge in [-0.25, -0.2) is 4.79 Å². The van der Waals surface area contributed by atoms with Crippen LogP contribution in [-0.4, -0.2) is 35.7 Å². The first-order valence-electron chi connectivity index (χ1n) is 8.88. The molecule has 1 saturated heterocycles. The number of ether oxygens (including phenoxy) is 1. The predicted octanol–water partition coefficient (Wildman–Crippen LogP) is 4.21. The van der Waals surface area contributed by atoms with Gasteiger partial charge >= 0.3 is 6.09 Å². The summed E-state index contributed by atoms with van der Waals surface area (Å²) in [5, 5.41) is 0.143. The zero-order valence-corrected chi connectivity index (χ0v) is 16.5. The highest BCUT2D eigenvalue weighted by atomic mass is 35.5. The third-order valence-corrected chi connectivity index (χ3v) is 4.87. The highest BCUT2D eigenvalue weighted by Crippen LogP contribution is 2.27. The van der Waals surface area contributed by atoms with Crippen molar-refractivity contribution in [2.45, 2.75) is 26.2 Å². The minimum atomic E-state index is -0.341. The van der Waals surface area contributed by atoms with Gasteiger partial charge in [0.05, 0.1) is 6.54 Å². The molecule has 0 bridgehead atoms. The summed E-state index contributed by atoms with van der Waals surface area (Å²) in [4.78, 5) is 28.1. The van der Waals surface area contributed by atoms with Crippen LogP contribution in [0.15, 0.2) is 47.3 Å². The maximum absolute atomic E-state index is 12.0. The molecule has 2 heterocycles. The van der Waals surface area contributed by atoms with Gasteiger partial charge in [0.15, 0.2) is 0 Å². The van der Waals surface area contributed by atoms with Crippen molar-refractivity contribution in [2.75, 3.05) is 19.7 Å². The molecule has 1 fully saturated rings. The summed E-state index contributed by atoms with van der Waals surface area (Å²) in [5.41, 5.74) is 3.37. The van der Waals surface area contributed by atoms with E-state index in [0.29, 0.717) is 25.4 Å². The summed E-state index contributed by atoms with van der Waals surface area (Å²) in [6.45, 7) is 7.85. The maximum atomic E-state index is 12.0. The monoisotopic (exact) mass is 386 g/mol. The standard InChI is InChI=1S/C21H23ClN2O3/c1-21(2,3)15-6-4-14(5-7-15)16(10-11-24-12-13-27-20(24)26)18-9-8-17(22)19(25)23-18/h4-10H,11-13H2,1-3H3,(H,23,25). The van der Waals surface area contributed by atoms with Crippen molar-refractivity contribution in [1.29, 1.82) is 0 Å². The zero-order valence-electron chi connectivity index (χ0n) is 15.7.